The summed E-state index contributed by atoms with van der Waals surface area (Å²) in [7, 11) is 0. The molecule has 0 saturated heterocycles. The van der Waals surface area contributed by atoms with E-state index in [0.29, 0.717) is 12.2 Å². The van der Waals surface area contributed by atoms with Crippen molar-refractivity contribution >= 4 is 23.1 Å². The maximum absolute atomic E-state index is 12.5. The first-order valence-corrected chi connectivity index (χ1v) is 9.57. The molecule has 0 spiro atoms. The fourth-order valence-electron chi connectivity index (χ4n) is 2.65. The minimum atomic E-state index is -0.154. The van der Waals surface area contributed by atoms with Gasteiger partial charge < -0.3 is 10.1 Å². The number of amides is 1. The third-order valence-corrected chi connectivity index (χ3v) is 4.67. The summed E-state index contributed by atoms with van der Waals surface area (Å²) < 4.78 is 9.58. The number of anilines is 1. The molecular weight excluding hydrogens is 370 g/mol. The molecule has 0 unspecified atom stereocenters. The molecule has 28 heavy (non-hydrogen) atoms. The first kappa shape index (κ1) is 17.9. The Labute approximate surface area is 166 Å². The van der Waals surface area contributed by atoms with Crippen molar-refractivity contribution < 1.29 is 9.53 Å². The van der Waals surface area contributed by atoms with E-state index in [4.69, 9.17) is 4.74 Å². The summed E-state index contributed by atoms with van der Waals surface area (Å²) in [4.78, 5) is 12.5. The van der Waals surface area contributed by atoms with Crippen molar-refractivity contribution in [2.24, 2.45) is 0 Å². The molecule has 138 valence electrons. The number of carbonyl (C=O) groups excluding carboxylic acids is 1. The van der Waals surface area contributed by atoms with E-state index in [-0.39, 0.29) is 5.91 Å². The number of carbonyl (C=O) groups is 1. The Morgan fingerprint density at radius 1 is 0.929 bits per heavy atom. The third-order valence-electron chi connectivity index (χ3n) is 4.16. The second-order valence-corrected chi connectivity index (χ2v) is 6.73. The Morgan fingerprint density at radius 2 is 1.68 bits per heavy atom. The summed E-state index contributed by atoms with van der Waals surface area (Å²) in [6, 6.07) is 24.6. The van der Waals surface area contributed by atoms with Crippen LogP contribution in [0.5, 0.6) is 5.75 Å². The summed E-state index contributed by atoms with van der Waals surface area (Å²) in [6.07, 6.45) is 0. The molecule has 0 radical (unpaired) electrons. The summed E-state index contributed by atoms with van der Waals surface area (Å²) in [6.45, 7) is 0.457. The molecule has 0 aliphatic rings. The number of ether oxygens (including phenoxy) is 1. The normalized spacial score (nSPS) is 10.4. The van der Waals surface area contributed by atoms with E-state index < -0.39 is 0 Å². The average Bonchev–Trinajstić information content (AvgIpc) is 3.29. The topological polar surface area (TPSA) is 64.1 Å². The SMILES string of the molecule is O=C(Nc1ccc(-c2csnn2)cc1)c1ccc(COc2ccccc2)cc1. The molecule has 0 atom stereocenters. The maximum Gasteiger partial charge on any atom is 0.255 e. The molecule has 3 aromatic carbocycles. The first-order valence-electron chi connectivity index (χ1n) is 8.73. The lowest BCUT2D eigenvalue weighted by atomic mass is 10.1. The largest absolute Gasteiger partial charge is 0.489 e. The monoisotopic (exact) mass is 387 g/mol. The maximum atomic E-state index is 12.5. The lowest BCUT2D eigenvalue weighted by Gasteiger charge is -2.08. The Hall–Kier alpha value is -3.51. The molecule has 5 nitrogen and oxygen atoms in total. The van der Waals surface area contributed by atoms with Gasteiger partial charge in [-0.05, 0) is 53.5 Å². The standard InChI is InChI=1S/C22H17N3O2S/c26-22(23-19-12-10-17(11-13-19)21-15-28-25-24-21)18-8-6-16(7-9-18)14-27-20-4-2-1-3-5-20/h1-13,15H,14H2,(H,23,26). The highest BCUT2D eigenvalue weighted by molar-refractivity contribution is 7.03. The van der Waals surface area contributed by atoms with Crippen molar-refractivity contribution in [1.82, 2.24) is 9.59 Å². The van der Waals surface area contributed by atoms with Crippen molar-refractivity contribution in [3.05, 3.63) is 95.4 Å². The van der Waals surface area contributed by atoms with Crippen molar-refractivity contribution in [3.63, 3.8) is 0 Å². The number of nitrogens with zero attached hydrogens (tertiary/aromatic N) is 2. The van der Waals surface area contributed by atoms with Gasteiger partial charge >= 0.3 is 0 Å². The number of benzene rings is 3. The predicted octanol–water partition coefficient (Wildman–Crippen LogP) is 5.04. The van der Waals surface area contributed by atoms with Crippen LogP contribution in [0.3, 0.4) is 0 Å². The highest BCUT2D eigenvalue weighted by atomic mass is 32.1. The smallest absolute Gasteiger partial charge is 0.255 e. The van der Waals surface area contributed by atoms with Gasteiger partial charge in [0, 0.05) is 22.2 Å². The van der Waals surface area contributed by atoms with Gasteiger partial charge in [0.25, 0.3) is 5.91 Å². The van der Waals surface area contributed by atoms with E-state index in [0.717, 1.165) is 28.3 Å². The van der Waals surface area contributed by atoms with Crippen LogP contribution in [0.2, 0.25) is 0 Å². The van der Waals surface area contributed by atoms with Crippen molar-refractivity contribution in [2.75, 3.05) is 5.32 Å². The summed E-state index contributed by atoms with van der Waals surface area (Å²) in [5.74, 6) is 0.666. The molecule has 6 heteroatoms. The van der Waals surface area contributed by atoms with Gasteiger partial charge in [0.1, 0.15) is 18.1 Å². The van der Waals surface area contributed by atoms with Crippen LogP contribution in [0.4, 0.5) is 5.69 Å². The highest BCUT2D eigenvalue weighted by Crippen LogP contribution is 2.20. The minimum Gasteiger partial charge on any atom is -0.489 e. The molecule has 1 aromatic heterocycles. The quantitative estimate of drug-likeness (QED) is 0.504. The van der Waals surface area contributed by atoms with Gasteiger partial charge in [0.2, 0.25) is 0 Å². The van der Waals surface area contributed by atoms with Crippen LogP contribution in [-0.4, -0.2) is 15.5 Å². The molecule has 0 bridgehead atoms. The minimum absolute atomic E-state index is 0.154. The van der Waals surface area contributed by atoms with Crippen molar-refractivity contribution in [3.8, 4) is 17.0 Å². The molecule has 0 aliphatic carbocycles. The lowest BCUT2D eigenvalue weighted by Crippen LogP contribution is -2.11. The molecule has 1 heterocycles. The second-order valence-electron chi connectivity index (χ2n) is 6.12. The summed E-state index contributed by atoms with van der Waals surface area (Å²) in [5.41, 5.74) is 4.12. The average molecular weight is 387 g/mol. The van der Waals surface area contributed by atoms with Crippen molar-refractivity contribution in [2.45, 2.75) is 6.61 Å². The Kier molecular flexibility index (Phi) is 5.40. The number of hydrogen-bond acceptors (Lipinski definition) is 5. The number of aromatic nitrogens is 2. The van der Waals surface area contributed by atoms with E-state index >= 15 is 0 Å². The molecule has 1 amide bonds. The Balaban J connectivity index is 1.35. The molecule has 0 aliphatic heterocycles. The zero-order valence-electron chi connectivity index (χ0n) is 14.9. The van der Waals surface area contributed by atoms with E-state index in [1.807, 2.05) is 72.1 Å². The van der Waals surface area contributed by atoms with Crippen LogP contribution < -0.4 is 10.1 Å². The Morgan fingerprint density at radius 3 is 2.36 bits per heavy atom. The van der Waals surface area contributed by atoms with Crippen LogP contribution >= 0.6 is 11.5 Å². The van der Waals surface area contributed by atoms with Crippen LogP contribution in [0.1, 0.15) is 15.9 Å². The number of nitrogens with one attached hydrogen (secondary N) is 1. The molecule has 0 saturated carbocycles. The number of para-hydroxylation sites is 1. The molecule has 1 N–H and O–H groups in total. The van der Waals surface area contributed by atoms with E-state index in [1.165, 1.54) is 11.5 Å². The molecular formula is C22H17N3O2S. The van der Waals surface area contributed by atoms with Gasteiger partial charge in [-0.2, -0.15) is 0 Å². The predicted molar refractivity (Wildman–Crippen MR) is 111 cm³/mol. The van der Waals surface area contributed by atoms with Gasteiger partial charge in [0.05, 0.1) is 0 Å². The first-order chi connectivity index (χ1) is 13.8. The highest BCUT2D eigenvalue weighted by Gasteiger charge is 2.07. The van der Waals surface area contributed by atoms with Gasteiger partial charge in [-0.25, -0.2) is 0 Å². The zero-order valence-corrected chi connectivity index (χ0v) is 15.7. The lowest BCUT2D eigenvalue weighted by molar-refractivity contribution is 0.102. The molecule has 4 aromatic rings. The fraction of sp³-hybridized carbons (Fsp3) is 0.0455. The van der Waals surface area contributed by atoms with Gasteiger partial charge in [-0.3, -0.25) is 4.79 Å². The summed E-state index contributed by atoms with van der Waals surface area (Å²) in [5, 5.41) is 8.83. The van der Waals surface area contributed by atoms with Crippen LogP contribution in [-0.2, 0) is 6.61 Å². The van der Waals surface area contributed by atoms with E-state index in [9.17, 15) is 4.79 Å². The Bertz CT molecular complexity index is 1030. The second kappa shape index (κ2) is 8.45. The van der Waals surface area contributed by atoms with Crippen molar-refractivity contribution in [1.29, 1.82) is 0 Å². The molecule has 0 fully saturated rings. The molecule has 4 rings (SSSR count). The van der Waals surface area contributed by atoms with Crippen LogP contribution in [0.15, 0.2) is 84.2 Å². The zero-order chi connectivity index (χ0) is 19.2. The van der Waals surface area contributed by atoms with E-state index in [1.54, 1.807) is 12.1 Å². The van der Waals surface area contributed by atoms with Crippen LogP contribution in [0.25, 0.3) is 11.3 Å². The van der Waals surface area contributed by atoms with Gasteiger partial charge in [-0.1, -0.05) is 47.0 Å². The van der Waals surface area contributed by atoms with Gasteiger partial charge in [0.15, 0.2) is 0 Å². The van der Waals surface area contributed by atoms with E-state index in [2.05, 4.69) is 14.9 Å². The fourth-order valence-corrected chi connectivity index (χ4v) is 3.12. The summed E-state index contributed by atoms with van der Waals surface area (Å²) >= 11 is 1.31. The van der Waals surface area contributed by atoms with Gasteiger partial charge in [-0.15, -0.1) is 5.10 Å². The number of rotatable bonds is 6. The van der Waals surface area contributed by atoms with Crippen LogP contribution in [0, 0.1) is 0 Å². The number of hydrogen-bond donors (Lipinski definition) is 1. The third kappa shape index (κ3) is 4.42.